The van der Waals surface area contributed by atoms with Gasteiger partial charge in [-0.3, -0.25) is 13.5 Å². The minimum absolute atomic E-state index is 0.0154. The predicted molar refractivity (Wildman–Crippen MR) is 215 cm³/mol. The summed E-state index contributed by atoms with van der Waals surface area (Å²) in [5.41, 5.74) is 2.22. The summed E-state index contributed by atoms with van der Waals surface area (Å²) in [5, 5.41) is 9.18. The fourth-order valence-corrected chi connectivity index (χ4v) is 9.44. The van der Waals surface area contributed by atoms with Gasteiger partial charge < -0.3 is 28.8 Å². The molecule has 2 aromatic rings. The van der Waals surface area contributed by atoms with E-state index in [0.717, 1.165) is 24.1 Å². The molecule has 2 N–H and O–H groups in total. The van der Waals surface area contributed by atoms with Crippen LogP contribution in [-0.2, 0) is 64.4 Å². The zero-order valence-corrected chi connectivity index (χ0v) is 36.0. The van der Waals surface area contributed by atoms with E-state index in [-0.39, 0.29) is 35.7 Å². The number of ether oxygens (including phenoxy) is 3. The molecule has 2 aliphatic rings. The molecule has 16 nitrogen and oxygen atoms in total. The number of carboxylic acids is 1. The standard InChI is InChI=1S/C39H54N2O14S3/c1-38(18-10-26-56(44,45)46)31-27-29(57(47,48)49)14-16-34(31)41(21-23-55-25-24-53-4)35(38)11-9-12-36-39(2,19-22-52-3)32-28-30(58(50,51)54-5)15-17-33(32)40(36)20-8-6-7-13-37(42)43/h9,11-12,14-17,27-28H,6-8,10,13,18-26H2,1-5H3,(H2-,42,43,44,45,46,47,48,49). The fraction of sp³-hybridized carbons (Fsp3) is 0.538. The number of hydrogen-bond donors (Lipinski definition) is 2. The van der Waals surface area contributed by atoms with Gasteiger partial charge in [-0.25, -0.2) is 8.42 Å². The summed E-state index contributed by atoms with van der Waals surface area (Å²) in [6.07, 6.45) is 7.89. The van der Waals surface area contributed by atoms with Crippen LogP contribution in [0.1, 0.15) is 69.9 Å². The third-order valence-electron chi connectivity index (χ3n) is 10.8. The smallest absolute Gasteiger partial charge is 0.303 e. The molecule has 322 valence electrons. The topological polar surface area (TPSA) is 226 Å². The van der Waals surface area contributed by atoms with Gasteiger partial charge in [0.1, 0.15) is 6.61 Å². The van der Waals surface area contributed by atoms with Crippen LogP contribution in [0.4, 0.5) is 11.4 Å². The van der Waals surface area contributed by atoms with Gasteiger partial charge in [-0.1, -0.05) is 12.5 Å². The second-order valence-electron chi connectivity index (χ2n) is 14.6. The Labute approximate surface area is 341 Å². The molecule has 0 aliphatic carbocycles. The SMILES string of the molecule is COCCOCC[N+]1=C(/C=C/C=C2/N(CCCCCC(=O)O)c3ccc(S(=O)(=O)OC)cc3C2(C)CCOC)C(C)(CCCS(=O)(=O)[O-])c2cc(S(=O)(=O)O)ccc21. The van der Waals surface area contributed by atoms with Gasteiger partial charge in [-0.2, -0.15) is 21.4 Å². The summed E-state index contributed by atoms with van der Waals surface area (Å²) < 4.78 is 119. The van der Waals surface area contributed by atoms with E-state index in [0.29, 0.717) is 75.6 Å². The van der Waals surface area contributed by atoms with Crippen LogP contribution in [-0.4, -0.2) is 122 Å². The van der Waals surface area contributed by atoms with Crippen molar-refractivity contribution in [1.82, 2.24) is 0 Å². The van der Waals surface area contributed by atoms with Gasteiger partial charge in [0.15, 0.2) is 12.3 Å². The Balaban J connectivity index is 1.91. The van der Waals surface area contributed by atoms with Gasteiger partial charge in [0.25, 0.3) is 20.2 Å². The molecular weight excluding hydrogens is 817 g/mol. The normalized spacial score (nSPS) is 20.4. The molecule has 2 aromatic carbocycles. The van der Waals surface area contributed by atoms with Crippen LogP contribution in [0, 0.1) is 0 Å². The fourth-order valence-electron chi connectivity index (χ4n) is 7.75. The van der Waals surface area contributed by atoms with Crippen LogP contribution in [0.25, 0.3) is 0 Å². The first-order valence-corrected chi connectivity index (χ1v) is 23.3. The van der Waals surface area contributed by atoms with E-state index in [2.05, 4.69) is 4.90 Å². The third-order valence-corrected chi connectivity index (χ3v) is 13.7. The van der Waals surface area contributed by atoms with Gasteiger partial charge >= 0.3 is 5.97 Å². The van der Waals surface area contributed by atoms with Crippen LogP contribution in [0.5, 0.6) is 0 Å². The Morgan fingerprint density at radius 3 is 2.17 bits per heavy atom. The lowest BCUT2D eigenvalue weighted by molar-refractivity contribution is -0.442. The zero-order valence-electron chi connectivity index (χ0n) is 33.5. The number of nitrogens with zero attached hydrogens (tertiary/aromatic N) is 2. The number of benzene rings is 2. The molecule has 2 atom stereocenters. The Bertz CT molecular complexity index is 2240. The van der Waals surface area contributed by atoms with Crippen molar-refractivity contribution >= 4 is 53.4 Å². The molecule has 2 unspecified atom stereocenters. The predicted octanol–water partition coefficient (Wildman–Crippen LogP) is 4.51. The van der Waals surface area contributed by atoms with Crippen molar-refractivity contribution in [2.45, 2.75) is 79.4 Å². The molecule has 0 radical (unpaired) electrons. The number of methoxy groups -OCH3 is 2. The van der Waals surface area contributed by atoms with E-state index in [1.165, 1.54) is 18.2 Å². The van der Waals surface area contributed by atoms with Gasteiger partial charge in [-0.05, 0) is 87.9 Å². The van der Waals surface area contributed by atoms with Crippen LogP contribution in [0.3, 0.4) is 0 Å². The van der Waals surface area contributed by atoms with Crippen molar-refractivity contribution in [1.29, 1.82) is 0 Å². The average molecular weight is 871 g/mol. The van der Waals surface area contributed by atoms with Crippen molar-refractivity contribution in [2.75, 3.05) is 71.5 Å². The Morgan fingerprint density at radius 2 is 1.53 bits per heavy atom. The first kappa shape index (κ1) is 47.2. The first-order chi connectivity index (χ1) is 27.2. The highest BCUT2D eigenvalue weighted by atomic mass is 32.2. The van der Waals surface area contributed by atoms with Crippen molar-refractivity contribution in [3.05, 3.63) is 71.5 Å². The maximum atomic E-state index is 12.9. The Hall–Kier alpha value is -3.53. The highest BCUT2D eigenvalue weighted by molar-refractivity contribution is 7.86. The molecule has 4 rings (SSSR count). The maximum absolute atomic E-state index is 12.9. The summed E-state index contributed by atoms with van der Waals surface area (Å²) in [6, 6.07) is 9.04. The molecule has 2 aliphatic heterocycles. The maximum Gasteiger partial charge on any atom is 0.303 e. The van der Waals surface area contributed by atoms with E-state index < -0.39 is 52.9 Å². The van der Waals surface area contributed by atoms with E-state index in [9.17, 15) is 44.3 Å². The summed E-state index contributed by atoms with van der Waals surface area (Å²) >= 11 is 0. The molecular formula is C39H54N2O14S3. The van der Waals surface area contributed by atoms with E-state index in [1.54, 1.807) is 32.4 Å². The van der Waals surface area contributed by atoms with E-state index in [1.807, 2.05) is 36.7 Å². The molecule has 0 spiro atoms. The van der Waals surface area contributed by atoms with Gasteiger partial charge in [-0.15, -0.1) is 0 Å². The Kier molecular flexibility index (Phi) is 16.0. The lowest BCUT2D eigenvalue weighted by Gasteiger charge is -2.30. The number of fused-ring (bicyclic) bond motifs is 2. The summed E-state index contributed by atoms with van der Waals surface area (Å²) in [4.78, 5) is 12.9. The van der Waals surface area contributed by atoms with Crippen LogP contribution < -0.4 is 4.90 Å². The largest absolute Gasteiger partial charge is 0.748 e. The second kappa shape index (κ2) is 19.7. The molecule has 0 fully saturated rings. The lowest BCUT2D eigenvalue weighted by Crippen LogP contribution is -2.33. The molecule has 2 heterocycles. The molecule has 0 saturated carbocycles. The average Bonchev–Trinajstić information content (AvgIpc) is 3.52. The zero-order chi connectivity index (χ0) is 42.9. The molecule has 19 heteroatoms. The minimum Gasteiger partial charge on any atom is -0.748 e. The number of allylic oxidation sites excluding steroid dienone is 4. The molecule has 58 heavy (non-hydrogen) atoms. The van der Waals surface area contributed by atoms with Crippen molar-refractivity contribution in [2.24, 2.45) is 0 Å². The minimum atomic E-state index is -4.62. The number of anilines is 1. The lowest BCUT2D eigenvalue weighted by atomic mass is 9.75. The number of carbonyl (C=O) groups is 1. The first-order valence-electron chi connectivity index (χ1n) is 18.8. The number of hydrogen-bond acceptors (Lipinski definition) is 13. The molecule has 0 saturated heterocycles. The van der Waals surface area contributed by atoms with Crippen molar-refractivity contribution in [3.8, 4) is 0 Å². The van der Waals surface area contributed by atoms with E-state index in [4.69, 9.17) is 18.4 Å². The highest BCUT2D eigenvalue weighted by Crippen LogP contribution is 2.51. The number of rotatable bonds is 24. The van der Waals surface area contributed by atoms with Crippen LogP contribution in [0.2, 0.25) is 0 Å². The molecule has 0 aromatic heterocycles. The second-order valence-corrected chi connectivity index (χ2v) is 19.3. The van der Waals surface area contributed by atoms with Crippen molar-refractivity contribution < 1.29 is 67.2 Å². The molecule has 0 amide bonds. The van der Waals surface area contributed by atoms with E-state index >= 15 is 0 Å². The molecule has 0 bridgehead atoms. The van der Waals surface area contributed by atoms with Crippen LogP contribution >= 0.6 is 0 Å². The summed E-state index contributed by atoms with van der Waals surface area (Å²) in [6.45, 7) is 5.83. The third kappa shape index (κ3) is 11.2. The number of unbranched alkanes of at least 4 members (excludes halogenated alkanes) is 2. The quantitative estimate of drug-likeness (QED) is 0.0641. The van der Waals surface area contributed by atoms with Gasteiger partial charge in [0.05, 0.1) is 45.6 Å². The number of carboxylic acid groups (broad SMARTS) is 1. The highest BCUT2D eigenvalue weighted by Gasteiger charge is 2.48. The number of aliphatic carboxylic acids is 1. The monoisotopic (exact) mass is 870 g/mol. The van der Waals surface area contributed by atoms with Crippen molar-refractivity contribution in [3.63, 3.8) is 0 Å². The van der Waals surface area contributed by atoms with Gasteiger partial charge in [0, 0.05) is 74.1 Å². The summed E-state index contributed by atoms with van der Waals surface area (Å²) in [5.74, 6) is -1.52. The van der Waals surface area contributed by atoms with Gasteiger partial charge in [0.2, 0.25) is 5.69 Å². The van der Waals surface area contributed by atoms with Crippen LogP contribution in [0.15, 0.2) is 70.1 Å². The Morgan fingerprint density at radius 1 is 0.845 bits per heavy atom. The summed E-state index contributed by atoms with van der Waals surface area (Å²) in [7, 11) is -9.03.